The quantitative estimate of drug-likeness (QED) is 0.831. The molecular formula is C16H25NO. The lowest BCUT2D eigenvalue weighted by molar-refractivity contribution is -0.129. The second-order valence-electron chi connectivity index (χ2n) is 7.71. The molecule has 5 fully saturated rings. The Balaban J connectivity index is 1.48. The van der Waals surface area contributed by atoms with Gasteiger partial charge in [-0.05, 0) is 81.1 Å². The SMILES string of the molecule is O=C(CC12CC3CC(CC(C3)C1)C2)C1CCCN1. The van der Waals surface area contributed by atoms with Gasteiger partial charge in [-0.2, -0.15) is 0 Å². The molecule has 100 valence electrons. The lowest BCUT2D eigenvalue weighted by Gasteiger charge is -2.57. The highest BCUT2D eigenvalue weighted by molar-refractivity contribution is 5.85. The zero-order valence-corrected chi connectivity index (χ0v) is 11.3. The predicted octanol–water partition coefficient (Wildman–Crippen LogP) is 2.91. The van der Waals surface area contributed by atoms with E-state index in [0.29, 0.717) is 11.2 Å². The van der Waals surface area contributed by atoms with E-state index < -0.39 is 0 Å². The van der Waals surface area contributed by atoms with Crippen molar-refractivity contribution in [1.29, 1.82) is 0 Å². The summed E-state index contributed by atoms with van der Waals surface area (Å²) < 4.78 is 0. The number of carbonyl (C=O) groups excluding carboxylic acids is 1. The molecule has 2 nitrogen and oxygen atoms in total. The molecular weight excluding hydrogens is 222 g/mol. The van der Waals surface area contributed by atoms with Gasteiger partial charge in [0.05, 0.1) is 6.04 Å². The van der Waals surface area contributed by atoms with Gasteiger partial charge in [-0.25, -0.2) is 0 Å². The van der Waals surface area contributed by atoms with Gasteiger partial charge >= 0.3 is 0 Å². The lowest BCUT2D eigenvalue weighted by atomic mass is 9.48. The van der Waals surface area contributed by atoms with E-state index in [9.17, 15) is 4.79 Å². The molecule has 1 N–H and O–H groups in total. The van der Waals surface area contributed by atoms with Crippen LogP contribution in [-0.2, 0) is 4.79 Å². The summed E-state index contributed by atoms with van der Waals surface area (Å²) in [5.41, 5.74) is 0.441. The van der Waals surface area contributed by atoms with Gasteiger partial charge in [-0.1, -0.05) is 0 Å². The van der Waals surface area contributed by atoms with Crippen LogP contribution in [0, 0.1) is 23.2 Å². The third kappa shape index (κ3) is 1.84. The van der Waals surface area contributed by atoms with Gasteiger partial charge in [0.1, 0.15) is 5.78 Å². The molecule has 1 heterocycles. The van der Waals surface area contributed by atoms with Crippen molar-refractivity contribution >= 4 is 5.78 Å². The summed E-state index contributed by atoms with van der Waals surface area (Å²) in [6.45, 7) is 1.05. The number of nitrogens with one attached hydrogen (secondary N) is 1. The van der Waals surface area contributed by atoms with Gasteiger partial charge in [0.2, 0.25) is 0 Å². The van der Waals surface area contributed by atoms with Crippen molar-refractivity contribution in [3.05, 3.63) is 0 Å². The van der Waals surface area contributed by atoms with Gasteiger partial charge in [-0.3, -0.25) is 4.79 Å². The van der Waals surface area contributed by atoms with Crippen molar-refractivity contribution in [2.75, 3.05) is 6.54 Å². The van der Waals surface area contributed by atoms with Gasteiger partial charge in [0.15, 0.2) is 0 Å². The van der Waals surface area contributed by atoms with Crippen molar-refractivity contribution in [2.24, 2.45) is 23.2 Å². The zero-order chi connectivity index (χ0) is 12.2. The third-order valence-corrected chi connectivity index (χ3v) is 6.16. The zero-order valence-electron chi connectivity index (χ0n) is 11.3. The van der Waals surface area contributed by atoms with Crippen LogP contribution >= 0.6 is 0 Å². The third-order valence-electron chi connectivity index (χ3n) is 6.16. The van der Waals surface area contributed by atoms with E-state index >= 15 is 0 Å². The fourth-order valence-electron chi connectivity index (χ4n) is 5.96. The van der Waals surface area contributed by atoms with Crippen molar-refractivity contribution in [3.8, 4) is 0 Å². The molecule has 0 aromatic heterocycles. The maximum Gasteiger partial charge on any atom is 0.150 e. The summed E-state index contributed by atoms with van der Waals surface area (Å²) in [4.78, 5) is 12.5. The second-order valence-corrected chi connectivity index (χ2v) is 7.71. The van der Waals surface area contributed by atoms with Crippen LogP contribution < -0.4 is 5.32 Å². The topological polar surface area (TPSA) is 29.1 Å². The summed E-state index contributed by atoms with van der Waals surface area (Å²) in [6.07, 6.45) is 11.7. The largest absolute Gasteiger partial charge is 0.307 e. The predicted molar refractivity (Wildman–Crippen MR) is 71.3 cm³/mol. The van der Waals surface area contributed by atoms with E-state index in [1.807, 2.05) is 0 Å². The highest BCUT2D eigenvalue weighted by atomic mass is 16.1. The first-order chi connectivity index (χ1) is 8.72. The second kappa shape index (κ2) is 4.06. The number of Topliss-reactive ketones (excluding diaryl/α,β-unsaturated/α-hetero) is 1. The monoisotopic (exact) mass is 247 g/mol. The molecule has 0 radical (unpaired) electrons. The maximum absolute atomic E-state index is 12.5. The normalized spacial score (nSPS) is 49.8. The molecule has 1 atom stereocenters. The van der Waals surface area contributed by atoms with E-state index in [4.69, 9.17) is 0 Å². The Morgan fingerprint density at radius 2 is 1.67 bits per heavy atom. The molecule has 5 rings (SSSR count). The first-order valence-electron chi connectivity index (χ1n) is 7.99. The lowest BCUT2D eigenvalue weighted by Crippen LogP contribution is -2.48. The standard InChI is InChI=1S/C16H25NO/c18-15(14-2-1-3-17-14)10-16-7-11-4-12(8-16)6-13(5-11)9-16/h11-14,17H,1-10H2. The molecule has 1 aliphatic heterocycles. The number of carbonyl (C=O) groups is 1. The average molecular weight is 247 g/mol. The maximum atomic E-state index is 12.5. The molecule has 4 saturated carbocycles. The first kappa shape index (κ1) is 11.5. The highest BCUT2D eigenvalue weighted by Crippen LogP contribution is 2.61. The fourth-order valence-corrected chi connectivity index (χ4v) is 5.96. The van der Waals surface area contributed by atoms with Crippen molar-refractivity contribution < 1.29 is 4.79 Å². The molecule has 4 bridgehead atoms. The Labute approximate surface area is 110 Å². The molecule has 1 unspecified atom stereocenters. The Kier molecular flexibility index (Phi) is 2.58. The molecule has 0 spiro atoms. The van der Waals surface area contributed by atoms with E-state index in [1.165, 1.54) is 44.9 Å². The minimum atomic E-state index is 0.206. The van der Waals surface area contributed by atoms with Gasteiger partial charge in [0.25, 0.3) is 0 Å². The highest BCUT2D eigenvalue weighted by Gasteiger charge is 2.51. The van der Waals surface area contributed by atoms with Crippen LogP contribution in [-0.4, -0.2) is 18.4 Å². The van der Waals surface area contributed by atoms with Gasteiger partial charge < -0.3 is 5.32 Å². The van der Waals surface area contributed by atoms with Crippen molar-refractivity contribution in [2.45, 2.75) is 63.8 Å². The Hall–Kier alpha value is -0.370. The molecule has 18 heavy (non-hydrogen) atoms. The Bertz CT molecular complexity index is 321. The van der Waals surface area contributed by atoms with E-state index in [1.54, 1.807) is 0 Å². The van der Waals surface area contributed by atoms with Gasteiger partial charge in [-0.15, -0.1) is 0 Å². The summed E-state index contributed by atoms with van der Waals surface area (Å²) in [5, 5.41) is 3.39. The van der Waals surface area contributed by atoms with E-state index in [0.717, 1.165) is 37.1 Å². The number of hydrogen-bond acceptors (Lipinski definition) is 2. The number of ketones is 1. The number of hydrogen-bond donors (Lipinski definition) is 1. The van der Waals surface area contributed by atoms with Crippen LogP contribution in [0.4, 0.5) is 0 Å². The first-order valence-corrected chi connectivity index (χ1v) is 7.99. The minimum absolute atomic E-state index is 0.206. The van der Waals surface area contributed by atoms with Crippen LogP contribution in [0.1, 0.15) is 57.8 Å². The molecule has 0 amide bonds. The van der Waals surface area contributed by atoms with Crippen molar-refractivity contribution in [1.82, 2.24) is 5.32 Å². The van der Waals surface area contributed by atoms with E-state index in [-0.39, 0.29) is 6.04 Å². The summed E-state index contributed by atoms with van der Waals surface area (Å²) >= 11 is 0. The molecule has 4 aliphatic carbocycles. The van der Waals surface area contributed by atoms with Crippen LogP contribution in [0.15, 0.2) is 0 Å². The Morgan fingerprint density at radius 1 is 1.06 bits per heavy atom. The molecule has 1 saturated heterocycles. The van der Waals surface area contributed by atoms with Crippen LogP contribution in [0.2, 0.25) is 0 Å². The molecule has 0 aromatic rings. The van der Waals surface area contributed by atoms with Crippen LogP contribution in [0.5, 0.6) is 0 Å². The Morgan fingerprint density at radius 3 is 2.17 bits per heavy atom. The smallest absolute Gasteiger partial charge is 0.150 e. The van der Waals surface area contributed by atoms with E-state index in [2.05, 4.69) is 5.32 Å². The summed E-state index contributed by atoms with van der Waals surface area (Å²) in [5.74, 6) is 3.45. The summed E-state index contributed by atoms with van der Waals surface area (Å²) in [6, 6.07) is 0.206. The summed E-state index contributed by atoms with van der Waals surface area (Å²) in [7, 11) is 0. The molecule has 5 aliphatic rings. The average Bonchev–Trinajstić information content (AvgIpc) is 2.79. The fraction of sp³-hybridized carbons (Fsp3) is 0.938. The van der Waals surface area contributed by atoms with Crippen molar-refractivity contribution in [3.63, 3.8) is 0 Å². The molecule has 2 heteroatoms. The van der Waals surface area contributed by atoms with Crippen LogP contribution in [0.25, 0.3) is 0 Å². The molecule has 0 aromatic carbocycles. The number of rotatable bonds is 3. The van der Waals surface area contributed by atoms with Crippen LogP contribution in [0.3, 0.4) is 0 Å². The van der Waals surface area contributed by atoms with Gasteiger partial charge in [0, 0.05) is 6.42 Å². The minimum Gasteiger partial charge on any atom is -0.307 e.